The number of benzene rings is 1. The van der Waals surface area contributed by atoms with Crippen LogP contribution < -0.4 is 4.74 Å². The van der Waals surface area contributed by atoms with Gasteiger partial charge < -0.3 is 4.74 Å². The van der Waals surface area contributed by atoms with Crippen LogP contribution in [0.1, 0.15) is 49.5 Å². The smallest absolute Gasteiger partial charge is 0.159 e. The zero-order chi connectivity index (χ0) is 14.3. The van der Waals surface area contributed by atoms with E-state index in [0.717, 1.165) is 49.4 Å². The Balaban J connectivity index is 2.94. The molecule has 0 bridgehead atoms. The van der Waals surface area contributed by atoms with Crippen molar-refractivity contribution in [2.24, 2.45) is 0 Å². The van der Waals surface area contributed by atoms with Gasteiger partial charge in [0.2, 0.25) is 0 Å². The molecule has 0 amide bonds. The van der Waals surface area contributed by atoms with Crippen molar-refractivity contribution >= 4 is 5.78 Å². The molecule has 0 saturated carbocycles. The molecule has 3 nitrogen and oxygen atoms in total. The molecule has 1 aromatic rings. The lowest BCUT2D eigenvalue weighted by atomic mass is 10.1. The fraction of sp³-hybridized carbons (Fsp3) is 0.562. The lowest BCUT2D eigenvalue weighted by molar-refractivity contribution is 0.101. The summed E-state index contributed by atoms with van der Waals surface area (Å²) in [6, 6.07) is 5.68. The summed E-state index contributed by atoms with van der Waals surface area (Å²) >= 11 is 0. The molecular formula is C16H25NO2. The Kier molecular flexibility index (Phi) is 6.57. The van der Waals surface area contributed by atoms with E-state index in [2.05, 4.69) is 18.7 Å². The standard InChI is InChI=1S/C16H25NO2/c1-5-9-17(10-6-2)12-15-11-14(13(3)18)7-8-16(15)19-4/h7-8,11H,5-6,9-10,12H2,1-4H3. The maximum Gasteiger partial charge on any atom is 0.159 e. The van der Waals surface area contributed by atoms with Crippen molar-refractivity contribution in [3.63, 3.8) is 0 Å². The summed E-state index contributed by atoms with van der Waals surface area (Å²) < 4.78 is 5.40. The second kappa shape index (κ2) is 7.95. The third-order valence-corrected chi connectivity index (χ3v) is 3.16. The number of ketones is 1. The minimum atomic E-state index is 0.0986. The van der Waals surface area contributed by atoms with Crippen LogP contribution in [0, 0.1) is 0 Å². The fourth-order valence-electron chi connectivity index (χ4n) is 2.26. The predicted molar refractivity (Wildman–Crippen MR) is 78.9 cm³/mol. The first-order chi connectivity index (χ1) is 9.12. The molecule has 0 aliphatic carbocycles. The van der Waals surface area contributed by atoms with Crippen LogP contribution in [0.5, 0.6) is 5.75 Å². The van der Waals surface area contributed by atoms with E-state index in [1.807, 2.05) is 18.2 Å². The number of carbonyl (C=O) groups is 1. The summed E-state index contributed by atoms with van der Waals surface area (Å²) in [5, 5.41) is 0. The molecular weight excluding hydrogens is 238 g/mol. The molecule has 0 aliphatic rings. The maximum atomic E-state index is 11.5. The first-order valence-corrected chi connectivity index (χ1v) is 7.02. The second-order valence-corrected chi connectivity index (χ2v) is 4.86. The number of hydrogen-bond acceptors (Lipinski definition) is 3. The third kappa shape index (κ3) is 4.67. The number of Topliss-reactive ketones (excluding diaryl/α,β-unsaturated/α-hetero) is 1. The summed E-state index contributed by atoms with van der Waals surface area (Å²) in [6.45, 7) is 8.95. The molecule has 0 unspecified atom stereocenters. The maximum absolute atomic E-state index is 11.5. The molecule has 0 saturated heterocycles. The van der Waals surface area contributed by atoms with Gasteiger partial charge in [0.15, 0.2) is 5.78 Å². The molecule has 0 aliphatic heterocycles. The van der Waals surface area contributed by atoms with E-state index in [-0.39, 0.29) is 5.78 Å². The lowest BCUT2D eigenvalue weighted by Gasteiger charge is -2.22. The average molecular weight is 263 g/mol. The summed E-state index contributed by atoms with van der Waals surface area (Å²) in [6.07, 6.45) is 2.27. The van der Waals surface area contributed by atoms with Gasteiger partial charge in [-0.1, -0.05) is 13.8 Å². The Morgan fingerprint density at radius 3 is 2.32 bits per heavy atom. The van der Waals surface area contributed by atoms with Crippen molar-refractivity contribution < 1.29 is 9.53 Å². The largest absolute Gasteiger partial charge is 0.496 e. The second-order valence-electron chi connectivity index (χ2n) is 4.86. The minimum absolute atomic E-state index is 0.0986. The summed E-state index contributed by atoms with van der Waals surface area (Å²) in [4.78, 5) is 13.9. The number of hydrogen-bond donors (Lipinski definition) is 0. The van der Waals surface area contributed by atoms with Gasteiger partial charge in [-0.3, -0.25) is 9.69 Å². The van der Waals surface area contributed by atoms with Gasteiger partial charge in [0, 0.05) is 17.7 Å². The molecule has 1 rings (SSSR count). The Labute approximate surface area is 116 Å². The highest BCUT2D eigenvalue weighted by Crippen LogP contribution is 2.22. The van der Waals surface area contributed by atoms with Crippen molar-refractivity contribution in [3.8, 4) is 5.75 Å². The number of rotatable bonds is 8. The Hall–Kier alpha value is -1.35. The van der Waals surface area contributed by atoms with Gasteiger partial charge in [-0.25, -0.2) is 0 Å². The Morgan fingerprint density at radius 1 is 1.21 bits per heavy atom. The van der Waals surface area contributed by atoms with E-state index in [9.17, 15) is 4.79 Å². The van der Waals surface area contributed by atoms with Gasteiger partial charge in [-0.05, 0) is 51.1 Å². The van der Waals surface area contributed by atoms with E-state index < -0.39 is 0 Å². The molecule has 0 atom stereocenters. The zero-order valence-corrected chi connectivity index (χ0v) is 12.5. The average Bonchev–Trinajstić information content (AvgIpc) is 2.39. The summed E-state index contributed by atoms with van der Waals surface area (Å²) in [5.74, 6) is 0.962. The van der Waals surface area contributed by atoms with Crippen molar-refractivity contribution in [2.45, 2.75) is 40.2 Å². The van der Waals surface area contributed by atoms with Crippen molar-refractivity contribution in [1.82, 2.24) is 4.90 Å². The van der Waals surface area contributed by atoms with Crippen LogP contribution in [-0.4, -0.2) is 30.9 Å². The normalized spacial score (nSPS) is 10.8. The summed E-state index contributed by atoms with van der Waals surface area (Å²) in [7, 11) is 1.68. The van der Waals surface area contributed by atoms with E-state index in [4.69, 9.17) is 4.74 Å². The van der Waals surface area contributed by atoms with Gasteiger partial charge in [0.05, 0.1) is 7.11 Å². The number of nitrogens with zero attached hydrogens (tertiary/aromatic N) is 1. The zero-order valence-electron chi connectivity index (χ0n) is 12.5. The highest BCUT2D eigenvalue weighted by Gasteiger charge is 2.11. The van der Waals surface area contributed by atoms with Crippen LogP contribution in [0.25, 0.3) is 0 Å². The third-order valence-electron chi connectivity index (χ3n) is 3.16. The van der Waals surface area contributed by atoms with E-state index in [1.165, 1.54) is 0 Å². The molecule has 3 heteroatoms. The SMILES string of the molecule is CCCN(CCC)Cc1cc(C(C)=O)ccc1OC. The first kappa shape index (κ1) is 15.7. The van der Waals surface area contributed by atoms with E-state index in [0.29, 0.717) is 0 Å². The number of ether oxygens (including phenoxy) is 1. The van der Waals surface area contributed by atoms with E-state index >= 15 is 0 Å². The van der Waals surface area contributed by atoms with Crippen LogP contribution in [0.2, 0.25) is 0 Å². The van der Waals surface area contributed by atoms with Crippen LogP contribution in [-0.2, 0) is 6.54 Å². The summed E-state index contributed by atoms with van der Waals surface area (Å²) in [5.41, 5.74) is 1.85. The van der Waals surface area contributed by atoms with Gasteiger partial charge >= 0.3 is 0 Å². The van der Waals surface area contributed by atoms with Gasteiger partial charge in [0.25, 0.3) is 0 Å². The van der Waals surface area contributed by atoms with Crippen LogP contribution in [0.3, 0.4) is 0 Å². The molecule has 0 spiro atoms. The number of carbonyl (C=O) groups excluding carboxylic acids is 1. The molecule has 0 radical (unpaired) electrons. The Bertz CT molecular complexity index is 409. The van der Waals surface area contributed by atoms with Crippen molar-refractivity contribution in [2.75, 3.05) is 20.2 Å². The van der Waals surface area contributed by atoms with Crippen molar-refractivity contribution in [3.05, 3.63) is 29.3 Å². The molecule has 19 heavy (non-hydrogen) atoms. The monoisotopic (exact) mass is 263 g/mol. The minimum Gasteiger partial charge on any atom is -0.496 e. The fourth-order valence-corrected chi connectivity index (χ4v) is 2.26. The van der Waals surface area contributed by atoms with Gasteiger partial charge in [0.1, 0.15) is 5.75 Å². The van der Waals surface area contributed by atoms with Crippen LogP contribution >= 0.6 is 0 Å². The highest BCUT2D eigenvalue weighted by molar-refractivity contribution is 5.94. The first-order valence-electron chi connectivity index (χ1n) is 7.02. The molecule has 106 valence electrons. The van der Waals surface area contributed by atoms with Gasteiger partial charge in [-0.15, -0.1) is 0 Å². The topological polar surface area (TPSA) is 29.5 Å². The molecule has 0 fully saturated rings. The van der Waals surface area contributed by atoms with Crippen LogP contribution in [0.4, 0.5) is 0 Å². The molecule has 0 aromatic heterocycles. The molecule has 0 heterocycles. The number of methoxy groups -OCH3 is 1. The highest BCUT2D eigenvalue weighted by atomic mass is 16.5. The lowest BCUT2D eigenvalue weighted by Crippen LogP contribution is -2.25. The molecule has 1 aromatic carbocycles. The van der Waals surface area contributed by atoms with E-state index in [1.54, 1.807) is 14.0 Å². The van der Waals surface area contributed by atoms with Crippen LogP contribution in [0.15, 0.2) is 18.2 Å². The predicted octanol–water partition coefficient (Wildman–Crippen LogP) is 3.52. The molecule has 0 N–H and O–H groups in total. The Morgan fingerprint density at radius 2 is 1.84 bits per heavy atom. The quantitative estimate of drug-likeness (QED) is 0.672. The van der Waals surface area contributed by atoms with Gasteiger partial charge in [-0.2, -0.15) is 0 Å². The van der Waals surface area contributed by atoms with Crippen molar-refractivity contribution in [1.29, 1.82) is 0 Å².